The van der Waals surface area contributed by atoms with Crippen LogP contribution in [0.2, 0.25) is 0 Å². The fourth-order valence-electron chi connectivity index (χ4n) is 1.72. The summed E-state index contributed by atoms with van der Waals surface area (Å²) in [6.45, 7) is 6.42. The summed E-state index contributed by atoms with van der Waals surface area (Å²) in [6, 6.07) is -0.473. The SMILES string of the molecule is CC(C)=CCC/C(C)=C/C(=O)N[C@H]1CCOC1=O. The normalized spacial score (nSPS) is 19.4. The van der Waals surface area contributed by atoms with E-state index in [-0.39, 0.29) is 11.9 Å². The summed E-state index contributed by atoms with van der Waals surface area (Å²) in [6.07, 6.45) is 6.06. The van der Waals surface area contributed by atoms with Gasteiger partial charge >= 0.3 is 5.97 Å². The molecule has 1 aliphatic rings. The van der Waals surface area contributed by atoms with Gasteiger partial charge in [0, 0.05) is 12.5 Å². The van der Waals surface area contributed by atoms with Crippen molar-refractivity contribution in [3.8, 4) is 0 Å². The minimum atomic E-state index is -0.473. The van der Waals surface area contributed by atoms with Crippen molar-refractivity contribution < 1.29 is 14.3 Å². The first-order valence-corrected chi connectivity index (χ1v) is 6.26. The highest BCUT2D eigenvalue weighted by Crippen LogP contribution is 2.08. The third-order valence-electron chi connectivity index (χ3n) is 2.72. The quantitative estimate of drug-likeness (QED) is 0.462. The number of nitrogens with one attached hydrogen (secondary N) is 1. The van der Waals surface area contributed by atoms with Gasteiger partial charge in [-0.25, -0.2) is 4.79 Å². The molecule has 1 rings (SSSR count). The second kappa shape index (κ2) is 6.99. The number of carbonyl (C=O) groups excluding carboxylic acids is 2. The van der Waals surface area contributed by atoms with Gasteiger partial charge in [-0.3, -0.25) is 4.79 Å². The predicted octanol–water partition coefficient (Wildman–Crippen LogP) is 2.11. The fraction of sp³-hybridized carbons (Fsp3) is 0.571. The third-order valence-corrected chi connectivity index (χ3v) is 2.72. The van der Waals surface area contributed by atoms with Crippen LogP contribution in [-0.4, -0.2) is 24.5 Å². The molecular formula is C14H21NO3. The molecule has 100 valence electrons. The number of allylic oxidation sites excluding steroid dienone is 3. The molecule has 0 aliphatic carbocycles. The highest BCUT2D eigenvalue weighted by Gasteiger charge is 2.27. The molecule has 0 spiro atoms. The van der Waals surface area contributed by atoms with Gasteiger partial charge in [0.25, 0.3) is 0 Å². The van der Waals surface area contributed by atoms with Gasteiger partial charge in [0.1, 0.15) is 6.04 Å². The molecule has 1 heterocycles. The lowest BCUT2D eigenvalue weighted by Crippen LogP contribution is -2.37. The number of rotatable bonds is 5. The number of carbonyl (C=O) groups is 2. The van der Waals surface area contributed by atoms with Gasteiger partial charge in [-0.2, -0.15) is 0 Å². The van der Waals surface area contributed by atoms with E-state index in [9.17, 15) is 9.59 Å². The van der Waals surface area contributed by atoms with Crippen LogP contribution in [0.1, 0.15) is 40.0 Å². The van der Waals surface area contributed by atoms with E-state index in [1.54, 1.807) is 6.08 Å². The number of amides is 1. The number of hydrogen-bond donors (Lipinski definition) is 1. The third kappa shape index (κ3) is 5.17. The molecule has 0 aromatic heterocycles. The fourth-order valence-corrected chi connectivity index (χ4v) is 1.72. The smallest absolute Gasteiger partial charge is 0.328 e. The maximum Gasteiger partial charge on any atom is 0.328 e. The first-order chi connectivity index (χ1) is 8.49. The van der Waals surface area contributed by atoms with Crippen LogP contribution in [0.5, 0.6) is 0 Å². The lowest BCUT2D eigenvalue weighted by molar-refractivity contribution is -0.140. The highest BCUT2D eigenvalue weighted by atomic mass is 16.5. The minimum Gasteiger partial charge on any atom is -0.464 e. The van der Waals surface area contributed by atoms with Crippen molar-refractivity contribution in [3.05, 3.63) is 23.3 Å². The van der Waals surface area contributed by atoms with Crippen LogP contribution < -0.4 is 5.32 Å². The second-order valence-electron chi connectivity index (χ2n) is 4.83. The number of hydrogen-bond acceptors (Lipinski definition) is 3. The van der Waals surface area contributed by atoms with Gasteiger partial charge in [0.05, 0.1) is 6.61 Å². The minimum absolute atomic E-state index is 0.214. The molecule has 0 unspecified atom stereocenters. The van der Waals surface area contributed by atoms with E-state index in [0.29, 0.717) is 13.0 Å². The van der Waals surface area contributed by atoms with Crippen molar-refractivity contribution >= 4 is 11.9 Å². The van der Waals surface area contributed by atoms with Crippen molar-refractivity contribution in [2.45, 2.75) is 46.1 Å². The van der Waals surface area contributed by atoms with Gasteiger partial charge < -0.3 is 10.1 Å². The van der Waals surface area contributed by atoms with Crippen LogP contribution >= 0.6 is 0 Å². The Kier molecular flexibility index (Phi) is 5.62. The van der Waals surface area contributed by atoms with E-state index in [1.165, 1.54) is 5.57 Å². The summed E-state index contributed by atoms with van der Waals surface area (Å²) >= 11 is 0. The zero-order valence-electron chi connectivity index (χ0n) is 11.3. The lowest BCUT2D eigenvalue weighted by atomic mass is 10.1. The van der Waals surface area contributed by atoms with Gasteiger partial charge in [-0.05, 0) is 33.6 Å². The Labute approximate surface area is 108 Å². The summed E-state index contributed by atoms with van der Waals surface area (Å²) in [5, 5.41) is 2.65. The molecule has 1 saturated heterocycles. The molecule has 0 aromatic rings. The van der Waals surface area contributed by atoms with E-state index in [4.69, 9.17) is 4.74 Å². The molecule has 0 bridgehead atoms. The summed E-state index contributed by atoms with van der Waals surface area (Å²) in [7, 11) is 0. The van der Waals surface area contributed by atoms with Crippen LogP contribution in [0.4, 0.5) is 0 Å². The van der Waals surface area contributed by atoms with Crippen molar-refractivity contribution in [2.24, 2.45) is 0 Å². The molecule has 1 amide bonds. The predicted molar refractivity (Wildman–Crippen MR) is 69.9 cm³/mol. The van der Waals surface area contributed by atoms with Gasteiger partial charge in [-0.1, -0.05) is 17.2 Å². The first-order valence-electron chi connectivity index (χ1n) is 6.26. The van der Waals surface area contributed by atoms with Crippen molar-refractivity contribution in [3.63, 3.8) is 0 Å². The van der Waals surface area contributed by atoms with Crippen LogP contribution in [0, 0.1) is 0 Å². The van der Waals surface area contributed by atoms with E-state index >= 15 is 0 Å². The van der Waals surface area contributed by atoms with Crippen molar-refractivity contribution in [1.82, 2.24) is 5.32 Å². The molecule has 0 aromatic carbocycles. The molecule has 1 N–H and O–H groups in total. The van der Waals surface area contributed by atoms with Gasteiger partial charge in [0.2, 0.25) is 5.91 Å². The van der Waals surface area contributed by atoms with Crippen LogP contribution in [0.25, 0.3) is 0 Å². The average Bonchev–Trinajstić information content (AvgIpc) is 2.63. The summed E-state index contributed by atoms with van der Waals surface area (Å²) in [5.74, 6) is -0.549. The topological polar surface area (TPSA) is 55.4 Å². The number of cyclic esters (lactones) is 1. The zero-order valence-corrected chi connectivity index (χ0v) is 11.3. The lowest BCUT2D eigenvalue weighted by Gasteiger charge is -2.06. The molecule has 18 heavy (non-hydrogen) atoms. The second-order valence-corrected chi connectivity index (χ2v) is 4.83. The average molecular weight is 251 g/mol. The Morgan fingerprint density at radius 2 is 2.17 bits per heavy atom. The monoisotopic (exact) mass is 251 g/mol. The molecular weight excluding hydrogens is 230 g/mol. The van der Waals surface area contributed by atoms with Gasteiger partial charge in [-0.15, -0.1) is 0 Å². The van der Waals surface area contributed by atoms with E-state index < -0.39 is 6.04 Å². The standard InChI is InChI=1S/C14H21NO3/c1-10(2)5-4-6-11(3)9-13(16)15-12-7-8-18-14(12)17/h5,9,12H,4,6-8H2,1-3H3,(H,15,16)/b11-9+/t12-/m0/s1. The maximum absolute atomic E-state index is 11.6. The van der Waals surface area contributed by atoms with Crippen LogP contribution in [0.15, 0.2) is 23.3 Å². The summed E-state index contributed by atoms with van der Waals surface area (Å²) in [5.41, 5.74) is 2.29. The van der Waals surface area contributed by atoms with Crippen molar-refractivity contribution in [2.75, 3.05) is 6.61 Å². The van der Waals surface area contributed by atoms with Crippen molar-refractivity contribution in [1.29, 1.82) is 0 Å². The molecule has 0 radical (unpaired) electrons. The van der Waals surface area contributed by atoms with E-state index in [1.807, 2.05) is 6.92 Å². The highest BCUT2D eigenvalue weighted by molar-refractivity contribution is 5.92. The maximum atomic E-state index is 11.6. The Morgan fingerprint density at radius 1 is 1.44 bits per heavy atom. The zero-order chi connectivity index (χ0) is 13.5. The Morgan fingerprint density at radius 3 is 2.72 bits per heavy atom. The number of ether oxygens (including phenoxy) is 1. The molecule has 1 atom stereocenters. The number of esters is 1. The molecule has 1 aliphatic heterocycles. The molecule has 4 heteroatoms. The molecule has 4 nitrogen and oxygen atoms in total. The largest absolute Gasteiger partial charge is 0.464 e. The summed E-state index contributed by atoms with van der Waals surface area (Å²) < 4.78 is 4.78. The first kappa shape index (κ1) is 14.5. The Balaban J connectivity index is 2.37. The molecule has 1 fully saturated rings. The summed E-state index contributed by atoms with van der Waals surface area (Å²) in [4.78, 5) is 22.8. The van der Waals surface area contributed by atoms with Crippen LogP contribution in [-0.2, 0) is 14.3 Å². The van der Waals surface area contributed by atoms with E-state index in [0.717, 1.165) is 18.4 Å². The Bertz CT molecular complexity index is 379. The Hall–Kier alpha value is -1.58. The van der Waals surface area contributed by atoms with E-state index in [2.05, 4.69) is 25.2 Å². The van der Waals surface area contributed by atoms with Gasteiger partial charge in [0.15, 0.2) is 0 Å². The van der Waals surface area contributed by atoms with Crippen LogP contribution in [0.3, 0.4) is 0 Å². The molecule has 0 saturated carbocycles.